The van der Waals surface area contributed by atoms with E-state index < -0.39 is 5.54 Å². The van der Waals surface area contributed by atoms with E-state index in [1.807, 2.05) is 13.8 Å². The van der Waals surface area contributed by atoms with Crippen molar-refractivity contribution in [1.82, 2.24) is 5.32 Å². The normalized spacial score (nSPS) is 16.1. The van der Waals surface area contributed by atoms with Crippen LogP contribution in [0, 0.1) is 0 Å². The third kappa shape index (κ3) is 8.71. The predicted molar refractivity (Wildman–Crippen MR) is 93.2 cm³/mol. The largest absolute Gasteiger partial charge is 0.328 e. The smallest absolute Gasteiger partial charge is 0.244 e. The lowest BCUT2D eigenvalue weighted by Gasteiger charge is -2.27. The zero-order valence-electron chi connectivity index (χ0n) is 15.4. The first-order chi connectivity index (χ1) is 10.2. The van der Waals surface area contributed by atoms with Crippen molar-refractivity contribution in [3.8, 4) is 0 Å². The number of rotatable bonds is 12. The Balaban J connectivity index is 4.02. The summed E-state index contributed by atoms with van der Waals surface area (Å²) in [5, 5.41) is 5.16. The van der Waals surface area contributed by atoms with Gasteiger partial charge in [-0.1, -0.05) is 33.1 Å². The monoisotopic (exact) mass is 315 g/mol. The molecule has 0 rings (SSSR count). The Labute approximate surface area is 137 Å². The number of amides is 1. The Morgan fingerprint density at radius 2 is 1.77 bits per heavy atom. The molecule has 5 nitrogen and oxygen atoms in total. The Hall–Kier alpha value is -0.650. The maximum absolute atomic E-state index is 12.2. The highest BCUT2D eigenvalue weighted by Crippen LogP contribution is 2.13. The molecule has 0 saturated carbocycles. The Morgan fingerprint density at radius 3 is 2.27 bits per heavy atom. The van der Waals surface area contributed by atoms with Crippen LogP contribution in [-0.2, 0) is 4.79 Å². The van der Waals surface area contributed by atoms with E-state index in [9.17, 15) is 4.79 Å². The molecule has 0 heterocycles. The van der Waals surface area contributed by atoms with Crippen molar-refractivity contribution in [2.24, 2.45) is 11.5 Å². The zero-order chi connectivity index (χ0) is 17.2. The number of carbonyl (C=O) groups excluding carboxylic acids is 1. The number of nitrogens with two attached hydrogens (primary N) is 3. The van der Waals surface area contributed by atoms with Gasteiger partial charge in [0, 0.05) is 6.04 Å². The fourth-order valence-electron chi connectivity index (χ4n) is 2.38. The van der Waals surface area contributed by atoms with Gasteiger partial charge in [-0.05, 0) is 46.5 Å². The first-order valence-corrected chi connectivity index (χ1v) is 8.84. The highest BCUT2D eigenvalue weighted by Gasteiger charge is 2.29. The molecular weight excluding hydrogens is 276 g/mol. The number of unbranched alkanes of at least 4 members (excludes halogenated alkanes) is 2. The van der Waals surface area contributed by atoms with Gasteiger partial charge in [-0.3, -0.25) is 4.79 Å². The van der Waals surface area contributed by atoms with Gasteiger partial charge in [0.15, 0.2) is 6.67 Å². The molecule has 0 fully saturated rings. The summed E-state index contributed by atoms with van der Waals surface area (Å²) in [4.78, 5) is 12.2. The Morgan fingerprint density at radius 1 is 1.18 bits per heavy atom. The van der Waals surface area contributed by atoms with Gasteiger partial charge >= 0.3 is 0 Å². The second-order valence-corrected chi connectivity index (χ2v) is 7.27. The van der Waals surface area contributed by atoms with Gasteiger partial charge in [0.25, 0.3) is 0 Å². The molecule has 0 saturated heterocycles. The first-order valence-electron chi connectivity index (χ1n) is 8.84. The molecule has 5 heteroatoms. The number of carbonyl (C=O) groups is 1. The van der Waals surface area contributed by atoms with Crippen molar-refractivity contribution in [1.29, 1.82) is 0 Å². The Kier molecular flexibility index (Phi) is 9.89. The van der Waals surface area contributed by atoms with Crippen LogP contribution in [0.15, 0.2) is 0 Å². The summed E-state index contributed by atoms with van der Waals surface area (Å²) in [6, 6.07) is 0.259. The number of hydrogen-bond acceptors (Lipinski definition) is 3. The maximum Gasteiger partial charge on any atom is 0.244 e. The topological polar surface area (TPSA) is 97.8 Å². The molecule has 0 aliphatic rings. The summed E-state index contributed by atoms with van der Waals surface area (Å²) >= 11 is 0. The van der Waals surface area contributed by atoms with Crippen LogP contribution in [0.5, 0.6) is 0 Å². The minimum atomic E-state index is -0.781. The van der Waals surface area contributed by atoms with E-state index in [0.717, 1.165) is 44.9 Å². The van der Waals surface area contributed by atoms with E-state index in [-0.39, 0.29) is 17.5 Å². The summed E-state index contributed by atoms with van der Waals surface area (Å²) in [5.74, 6) is -0.0505. The SMILES string of the molecule is CCC(C)(CC)[NH2+]CNC(=O)C(C)(N)CCCCCC(C)N. The standard InChI is InChI=1S/C17H38N4O/c1-6-16(4,7-2)21-13-20-15(22)17(5,19)12-10-8-9-11-14(3)18/h14,21H,6-13,18-19H2,1-5H3,(H,20,22)/p+1. The Bertz CT molecular complexity index is 312. The van der Waals surface area contributed by atoms with Crippen molar-refractivity contribution >= 4 is 5.91 Å². The number of nitrogens with one attached hydrogen (secondary N) is 1. The van der Waals surface area contributed by atoms with Crippen LogP contribution in [-0.4, -0.2) is 29.7 Å². The molecule has 0 aromatic rings. The molecule has 0 radical (unpaired) electrons. The molecule has 2 atom stereocenters. The van der Waals surface area contributed by atoms with E-state index in [0.29, 0.717) is 6.67 Å². The van der Waals surface area contributed by atoms with E-state index in [4.69, 9.17) is 11.5 Å². The van der Waals surface area contributed by atoms with Crippen LogP contribution < -0.4 is 22.1 Å². The molecule has 22 heavy (non-hydrogen) atoms. The van der Waals surface area contributed by atoms with Crippen molar-refractivity contribution in [3.05, 3.63) is 0 Å². The number of hydrogen-bond donors (Lipinski definition) is 4. The third-order valence-electron chi connectivity index (χ3n) is 4.85. The second-order valence-electron chi connectivity index (χ2n) is 7.27. The average Bonchev–Trinajstić information content (AvgIpc) is 2.46. The molecular formula is C17H39N4O+. The molecule has 2 unspecified atom stereocenters. The van der Waals surface area contributed by atoms with Crippen LogP contribution in [0.2, 0.25) is 0 Å². The van der Waals surface area contributed by atoms with Crippen LogP contribution in [0.3, 0.4) is 0 Å². The van der Waals surface area contributed by atoms with E-state index in [2.05, 4.69) is 31.4 Å². The lowest BCUT2D eigenvalue weighted by Crippen LogP contribution is -2.98. The van der Waals surface area contributed by atoms with Gasteiger partial charge in [0.1, 0.15) is 0 Å². The minimum absolute atomic E-state index is 0.0505. The molecule has 0 aromatic carbocycles. The van der Waals surface area contributed by atoms with Gasteiger partial charge in [-0.2, -0.15) is 0 Å². The molecule has 7 N–H and O–H groups in total. The molecule has 0 bridgehead atoms. The van der Waals surface area contributed by atoms with Crippen molar-refractivity contribution in [2.75, 3.05) is 6.67 Å². The maximum atomic E-state index is 12.2. The predicted octanol–water partition coefficient (Wildman–Crippen LogP) is 1.22. The van der Waals surface area contributed by atoms with Crippen molar-refractivity contribution in [2.45, 2.75) is 96.7 Å². The van der Waals surface area contributed by atoms with Crippen LogP contribution in [0.1, 0.15) is 79.6 Å². The van der Waals surface area contributed by atoms with Crippen molar-refractivity contribution < 1.29 is 10.1 Å². The summed E-state index contributed by atoms with van der Waals surface area (Å²) in [7, 11) is 0. The molecule has 0 aromatic heterocycles. The fraction of sp³-hybridized carbons (Fsp3) is 0.941. The molecule has 0 aliphatic heterocycles. The number of quaternary nitrogens is 1. The van der Waals surface area contributed by atoms with Gasteiger partial charge in [-0.15, -0.1) is 0 Å². The second kappa shape index (κ2) is 10.2. The quantitative estimate of drug-likeness (QED) is 0.322. The summed E-state index contributed by atoms with van der Waals surface area (Å²) in [5.41, 5.74) is 11.3. The van der Waals surface area contributed by atoms with E-state index in [1.54, 1.807) is 0 Å². The van der Waals surface area contributed by atoms with E-state index >= 15 is 0 Å². The highest BCUT2D eigenvalue weighted by atomic mass is 16.2. The molecule has 0 aliphatic carbocycles. The fourth-order valence-corrected chi connectivity index (χ4v) is 2.38. The minimum Gasteiger partial charge on any atom is -0.328 e. The lowest BCUT2D eigenvalue weighted by molar-refractivity contribution is -0.727. The van der Waals surface area contributed by atoms with Crippen LogP contribution in [0.4, 0.5) is 0 Å². The lowest BCUT2D eigenvalue weighted by atomic mass is 9.94. The van der Waals surface area contributed by atoms with Gasteiger partial charge in [0.2, 0.25) is 5.91 Å². The highest BCUT2D eigenvalue weighted by molar-refractivity contribution is 5.85. The zero-order valence-corrected chi connectivity index (χ0v) is 15.4. The summed E-state index contributed by atoms with van der Waals surface area (Å²) in [6.45, 7) is 11.0. The van der Waals surface area contributed by atoms with Gasteiger partial charge in [-0.25, -0.2) is 0 Å². The van der Waals surface area contributed by atoms with Crippen molar-refractivity contribution in [3.63, 3.8) is 0 Å². The van der Waals surface area contributed by atoms with Gasteiger partial charge < -0.3 is 22.1 Å². The first kappa shape index (κ1) is 21.4. The van der Waals surface area contributed by atoms with E-state index in [1.165, 1.54) is 0 Å². The van der Waals surface area contributed by atoms with Gasteiger partial charge in [0.05, 0.1) is 11.1 Å². The summed E-state index contributed by atoms with van der Waals surface area (Å²) in [6.07, 6.45) is 7.08. The average molecular weight is 316 g/mol. The molecule has 132 valence electrons. The van der Waals surface area contributed by atoms with Crippen LogP contribution in [0.25, 0.3) is 0 Å². The third-order valence-corrected chi connectivity index (χ3v) is 4.85. The summed E-state index contributed by atoms with van der Waals surface area (Å²) < 4.78 is 0. The molecule has 1 amide bonds. The molecule has 0 spiro atoms. The van der Waals surface area contributed by atoms with Crippen LogP contribution >= 0.6 is 0 Å².